The third-order valence-electron chi connectivity index (χ3n) is 3.48. The van der Waals surface area contributed by atoms with Crippen molar-refractivity contribution in [3.05, 3.63) is 16.1 Å². The highest BCUT2D eigenvalue weighted by Gasteiger charge is 2.27. The fourth-order valence-corrected chi connectivity index (χ4v) is 3.36. The van der Waals surface area contributed by atoms with Crippen LogP contribution >= 0.6 is 11.3 Å². The van der Waals surface area contributed by atoms with Crippen LogP contribution in [0.1, 0.15) is 30.5 Å². The topological polar surface area (TPSA) is 42.1 Å². The number of nitrogens with two attached hydrogens (primary N) is 1. The summed E-state index contributed by atoms with van der Waals surface area (Å²) in [4.78, 5) is 7.04. The molecule has 1 saturated heterocycles. The SMILES string of the molecule is Cc1csc(CN2CCCC(C)C2CN)n1. The molecular formula is C12H21N3S. The second-order valence-corrected chi connectivity index (χ2v) is 5.72. The molecule has 1 aliphatic rings. The minimum Gasteiger partial charge on any atom is -0.329 e. The Kier molecular flexibility index (Phi) is 3.95. The minimum atomic E-state index is 0.540. The first kappa shape index (κ1) is 12.0. The quantitative estimate of drug-likeness (QED) is 0.877. The molecule has 3 nitrogen and oxygen atoms in total. The highest BCUT2D eigenvalue weighted by molar-refractivity contribution is 7.09. The third kappa shape index (κ3) is 2.62. The average molecular weight is 239 g/mol. The standard InChI is InChI=1S/C12H21N3S/c1-9-4-3-5-15(11(9)6-13)7-12-14-10(2)8-16-12/h8-9,11H,3-7,13H2,1-2H3. The highest BCUT2D eigenvalue weighted by Crippen LogP contribution is 2.24. The molecule has 1 aromatic rings. The zero-order valence-corrected chi connectivity index (χ0v) is 11.0. The monoisotopic (exact) mass is 239 g/mol. The summed E-state index contributed by atoms with van der Waals surface area (Å²) in [7, 11) is 0. The Morgan fingerprint density at radius 3 is 3.06 bits per heavy atom. The molecule has 1 aromatic heterocycles. The van der Waals surface area contributed by atoms with E-state index in [0.717, 1.165) is 24.7 Å². The lowest BCUT2D eigenvalue weighted by Crippen LogP contribution is -2.47. The van der Waals surface area contributed by atoms with E-state index in [2.05, 4.69) is 29.1 Å². The highest BCUT2D eigenvalue weighted by atomic mass is 32.1. The molecule has 1 fully saturated rings. The number of aryl methyl sites for hydroxylation is 1. The fourth-order valence-electron chi connectivity index (χ4n) is 2.56. The second kappa shape index (κ2) is 5.25. The minimum absolute atomic E-state index is 0.540. The van der Waals surface area contributed by atoms with E-state index in [1.807, 2.05) is 0 Å². The van der Waals surface area contributed by atoms with Crippen molar-refractivity contribution in [2.24, 2.45) is 11.7 Å². The summed E-state index contributed by atoms with van der Waals surface area (Å²) < 4.78 is 0. The summed E-state index contributed by atoms with van der Waals surface area (Å²) in [5.41, 5.74) is 7.02. The van der Waals surface area contributed by atoms with Crippen LogP contribution in [0.5, 0.6) is 0 Å². The maximum absolute atomic E-state index is 5.88. The van der Waals surface area contributed by atoms with Crippen molar-refractivity contribution in [2.75, 3.05) is 13.1 Å². The normalized spacial score (nSPS) is 27.2. The summed E-state index contributed by atoms with van der Waals surface area (Å²) in [5, 5.41) is 3.35. The van der Waals surface area contributed by atoms with E-state index in [1.54, 1.807) is 11.3 Å². The first-order valence-electron chi connectivity index (χ1n) is 6.06. The smallest absolute Gasteiger partial charge is 0.107 e. The Morgan fingerprint density at radius 2 is 2.44 bits per heavy atom. The number of piperidine rings is 1. The van der Waals surface area contributed by atoms with Crippen molar-refractivity contribution in [3.8, 4) is 0 Å². The molecule has 0 aliphatic carbocycles. The molecule has 2 N–H and O–H groups in total. The van der Waals surface area contributed by atoms with Crippen LogP contribution in [-0.2, 0) is 6.54 Å². The molecule has 2 atom stereocenters. The van der Waals surface area contributed by atoms with Crippen LogP contribution in [0.3, 0.4) is 0 Å². The molecule has 90 valence electrons. The summed E-state index contributed by atoms with van der Waals surface area (Å²) in [6.45, 7) is 7.29. The summed E-state index contributed by atoms with van der Waals surface area (Å²) in [6, 6.07) is 0.540. The molecule has 2 heterocycles. The number of hydrogen-bond donors (Lipinski definition) is 1. The number of aromatic nitrogens is 1. The largest absolute Gasteiger partial charge is 0.329 e. The van der Waals surface area contributed by atoms with Gasteiger partial charge >= 0.3 is 0 Å². The molecule has 16 heavy (non-hydrogen) atoms. The Bertz CT molecular complexity index is 337. The van der Waals surface area contributed by atoms with Crippen LogP contribution in [0.25, 0.3) is 0 Å². The number of rotatable bonds is 3. The second-order valence-electron chi connectivity index (χ2n) is 4.78. The lowest BCUT2D eigenvalue weighted by molar-refractivity contribution is 0.0989. The molecule has 0 saturated carbocycles. The van der Waals surface area contributed by atoms with Crippen LogP contribution < -0.4 is 5.73 Å². The first-order chi connectivity index (χ1) is 7.70. The number of hydrogen-bond acceptors (Lipinski definition) is 4. The lowest BCUT2D eigenvalue weighted by Gasteiger charge is -2.38. The van der Waals surface area contributed by atoms with Crippen LogP contribution in [0.2, 0.25) is 0 Å². The van der Waals surface area contributed by atoms with Gasteiger partial charge in [-0.2, -0.15) is 0 Å². The molecule has 0 amide bonds. The zero-order valence-electron chi connectivity index (χ0n) is 10.1. The summed E-state index contributed by atoms with van der Waals surface area (Å²) in [5.74, 6) is 0.722. The van der Waals surface area contributed by atoms with Crippen LogP contribution in [-0.4, -0.2) is 29.0 Å². The Morgan fingerprint density at radius 1 is 1.62 bits per heavy atom. The fraction of sp³-hybridized carbons (Fsp3) is 0.750. The van der Waals surface area contributed by atoms with E-state index in [-0.39, 0.29) is 0 Å². The molecule has 0 aromatic carbocycles. The van der Waals surface area contributed by atoms with Crippen LogP contribution in [0, 0.1) is 12.8 Å². The lowest BCUT2D eigenvalue weighted by atomic mass is 9.91. The van der Waals surface area contributed by atoms with Crippen molar-refractivity contribution in [2.45, 2.75) is 39.3 Å². The van der Waals surface area contributed by atoms with Crippen molar-refractivity contribution < 1.29 is 0 Å². The van der Waals surface area contributed by atoms with Crippen molar-refractivity contribution in [1.29, 1.82) is 0 Å². The van der Waals surface area contributed by atoms with Gasteiger partial charge in [0.1, 0.15) is 5.01 Å². The van der Waals surface area contributed by atoms with E-state index in [4.69, 9.17) is 5.73 Å². The Hall–Kier alpha value is -0.450. The van der Waals surface area contributed by atoms with Crippen LogP contribution in [0.15, 0.2) is 5.38 Å². The van der Waals surface area contributed by atoms with Crippen molar-refractivity contribution in [3.63, 3.8) is 0 Å². The Labute approximate surface area is 102 Å². The van der Waals surface area contributed by atoms with E-state index < -0.39 is 0 Å². The van der Waals surface area contributed by atoms with Crippen LogP contribution in [0.4, 0.5) is 0 Å². The molecule has 0 spiro atoms. The maximum atomic E-state index is 5.88. The number of likely N-dealkylation sites (tertiary alicyclic amines) is 1. The molecule has 2 rings (SSSR count). The molecular weight excluding hydrogens is 218 g/mol. The third-order valence-corrected chi connectivity index (χ3v) is 4.43. The summed E-state index contributed by atoms with van der Waals surface area (Å²) >= 11 is 1.76. The molecule has 2 unspecified atom stereocenters. The van der Waals surface area contributed by atoms with Gasteiger partial charge in [0.2, 0.25) is 0 Å². The molecule has 4 heteroatoms. The van der Waals surface area contributed by atoms with E-state index in [9.17, 15) is 0 Å². The predicted molar refractivity (Wildman–Crippen MR) is 68.5 cm³/mol. The van der Waals surface area contributed by atoms with Gasteiger partial charge in [0, 0.05) is 23.7 Å². The first-order valence-corrected chi connectivity index (χ1v) is 6.94. The van der Waals surface area contributed by atoms with Gasteiger partial charge in [0.15, 0.2) is 0 Å². The molecule has 0 bridgehead atoms. The van der Waals surface area contributed by atoms with Crippen molar-refractivity contribution in [1.82, 2.24) is 9.88 Å². The summed E-state index contributed by atoms with van der Waals surface area (Å²) in [6.07, 6.45) is 2.61. The van der Waals surface area contributed by atoms with Crippen molar-refractivity contribution >= 4 is 11.3 Å². The number of thiazole rings is 1. The Balaban J connectivity index is 2.02. The van der Waals surface area contributed by atoms with Gasteiger partial charge in [-0.15, -0.1) is 11.3 Å². The number of nitrogens with zero attached hydrogens (tertiary/aromatic N) is 2. The van der Waals surface area contributed by atoms with Gasteiger partial charge in [-0.25, -0.2) is 4.98 Å². The van der Waals surface area contributed by atoms with Gasteiger partial charge in [-0.1, -0.05) is 6.92 Å². The van der Waals surface area contributed by atoms with Gasteiger partial charge < -0.3 is 5.73 Å². The van der Waals surface area contributed by atoms with Gasteiger partial charge in [0.05, 0.1) is 6.54 Å². The molecule has 1 aliphatic heterocycles. The van der Waals surface area contributed by atoms with Gasteiger partial charge in [0.25, 0.3) is 0 Å². The predicted octanol–water partition coefficient (Wildman–Crippen LogP) is 2.01. The van der Waals surface area contributed by atoms with E-state index >= 15 is 0 Å². The van der Waals surface area contributed by atoms with E-state index in [0.29, 0.717) is 6.04 Å². The zero-order chi connectivity index (χ0) is 11.5. The molecule has 0 radical (unpaired) electrons. The van der Waals surface area contributed by atoms with E-state index in [1.165, 1.54) is 24.4 Å². The average Bonchev–Trinajstić information content (AvgIpc) is 2.64. The van der Waals surface area contributed by atoms with Gasteiger partial charge in [-0.3, -0.25) is 4.90 Å². The maximum Gasteiger partial charge on any atom is 0.107 e. The van der Waals surface area contributed by atoms with Gasteiger partial charge in [-0.05, 0) is 32.2 Å².